The minimum absolute atomic E-state index is 0.0865. The van der Waals surface area contributed by atoms with Gasteiger partial charge in [0.05, 0.1) is 0 Å². The summed E-state index contributed by atoms with van der Waals surface area (Å²) in [5.74, 6) is 1.29. The van der Waals surface area contributed by atoms with Crippen molar-refractivity contribution in [1.82, 2.24) is 9.97 Å². The van der Waals surface area contributed by atoms with Gasteiger partial charge in [0, 0.05) is 37.0 Å². The number of hydrogen-bond acceptors (Lipinski definition) is 4. The van der Waals surface area contributed by atoms with E-state index >= 15 is 0 Å². The number of carbonyl (C=O) groups is 1. The third-order valence-electron chi connectivity index (χ3n) is 4.91. The number of carbonyl (C=O) groups excluding carboxylic acids is 1. The second-order valence-corrected chi connectivity index (χ2v) is 6.65. The molecule has 0 aliphatic carbocycles. The first-order valence-corrected chi connectivity index (χ1v) is 9.03. The third kappa shape index (κ3) is 3.49. The van der Waals surface area contributed by atoms with Crippen molar-refractivity contribution >= 4 is 11.6 Å². The van der Waals surface area contributed by atoms with Crippen molar-refractivity contribution in [2.45, 2.75) is 18.8 Å². The first-order valence-electron chi connectivity index (χ1n) is 9.03. The molecule has 2 aromatic heterocycles. The van der Waals surface area contributed by atoms with Gasteiger partial charge in [-0.15, -0.1) is 0 Å². The minimum atomic E-state index is -0.0865. The summed E-state index contributed by atoms with van der Waals surface area (Å²) < 4.78 is 0. The monoisotopic (exact) mass is 343 g/mol. The van der Waals surface area contributed by atoms with Crippen LogP contribution in [0.5, 0.6) is 0 Å². The summed E-state index contributed by atoms with van der Waals surface area (Å²) in [6.07, 6.45) is 5.57. The molecule has 3 aromatic rings. The molecule has 0 radical (unpaired) electrons. The lowest BCUT2D eigenvalue weighted by Gasteiger charge is -2.34. The summed E-state index contributed by atoms with van der Waals surface area (Å²) in [6.45, 7) is 1.91. The van der Waals surface area contributed by atoms with Crippen LogP contribution in [-0.2, 0) is 0 Å². The van der Waals surface area contributed by atoms with Crippen LogP contribution >= 0.6 is 0 Å². The van der Waals surface area contributed by atoms with E-state index in [2.05, 4.69) is 45.2 Å². The van der Waals surface area contributed by atoms with Crippen LogP contribution in [0, 0.1) is 0 Å². The standard InChI is InChI=1S/C22H21N3O/c26-22(18-9-5-13-23-15-18)20-11-4-12-21(24-20)25-14-6-10-19(16-25)17-7-2-1-3-8-17/h1-5,7-9,11-13,15,19H,6,10,14,16H2. The summed E-state index contributed by atoms with van der Waals surface area (Å²) in [6, 6.07) is 19.9. The summed E-state index contributed by atoms with van der Waals surface area (Å²) >= 11 is 0. The number of anilines is 1. The maximum atomic E-state index is 12.6. The van der Waals surface area contributed by atoms with Gasteiger partial charge in [-0.2, -0.15) is 0 Å². The molecule has 26 heavy (non-hydrogen) atoms. The van der Waals surface area contributed by atoms with Crippen molar-refractivity contribution in [3.05, 3.63) is 89.9 Å². The van der Waals surface area contributed by atoms with Gasteiger partial charge in [-0.1, -0.05) is 36.4 Å². The van der Waals surface area contributed by atoms with Crippen molar-refractivity contribution in [3.63, 3.8) is 0 Å². The summed E-state index contributed by atoms with van der Waals surface area (Å²) in [5.41, 5.74) is 2.41. The highest BCUT2D eigenvalue weighted by Gasteiger charge is 2.23. The highest BCUT2D eigenvalue weighted by atomic mass is 16.1. The Morgan fingerprint density at radius 3 is 2.69 bits per heavy atom. The van der Waals surface area contributed by atoms with Gasteiger partial charge >= 0.3 is 0 Å². The van der Waals surface area contributed by atoms with E-state index in [1.165, 1.54) is 12.0 Å². The van der Waals surface area contributed by atoms with E-state index in [1.807, 2.05) is 12.1 Å². The molecule has 1 unspecified atom stereocenters. The van der Waals surface area contributed by atoms with Crippen LogP contribution in [0.2, 0.25) is 0 Å². The van der Waals surface area contributed by atoms with Crippen LogP contribution in [-0.4, -0.2) is 28.8 Å². The van der Waals surface area contributed by atoms with E-state index < -0.39 is 0 Å². The molecule has 4 nitrogen and oxygen atoms in total. The molecule has 1 aliphatic heterocycles. The number of aromatic nitrogens is 2. The predicted octanol–water partition coefficient (Wildman–Crippen LogP) is 4.09. The molecule has 1 aromatic carbocycles. The number of nitrogens with zero attached hydrogens (tertiary/aromatic N) is 3. The smallest absolute Gasteiger partial charge is 0.212 e. The maximum absolute atomic E-state index is 12.6. The first kappa shape index (κ1) is 16.5. The fourth-order valence-electron chi connectivity index (χ4n) is 3.55. The van der Waals surface area contributed by atoms with Crippen molar-refractivity contribution in [2.75, 3.05) is 18.0 Å². The largest absolute Gasteiger partial charge is 0.356 e. The average molecular weight is 343 g/mol. The van der Waals surface area contributed by atoms with Gasteiger partial charge in [-0.25, -0.2) is 4.98 Å². The molecule has 0 amide bonds. The Labute approximate surface area is 153 Å². The van der Waals surface area contributed by atoms with E-state index in [0.29, 0.717) is 17.2 Å². The average Bonchev–Trinajstić information content (AvgIpc) is 2.75. The van der Waals surface area contributed by atoms with Crippen LogP contribution < -0.4 is 4.90 Å². The minimum Gasteiger partial charge on any atom is -0.356 e. The molecule has 4 rings (SSSR count). The van der Waals surface area contributed by atoms with Crippen LogP contribution in [0.3, 0.4) is 0 Å². The van der Waals surface area contributed by atoms with Crippen molar-refractivity contribution < 1.29 is 4.79 Å². The second kappa shape index (κ2) is 7.48. The highest BCUT2D eigenvalue weighted by Crippen LogP contribution is 2.29. The molecule has 0 bridgehead atoms. The van der Waals surface area contributed by atoms with E-state index in [0.717, 1.165) is 25.3 Å². The Hall–Kier alpha value is -3.01. The van der Waals surface area contributed by atoms with Crippen LogP contribution in [0.1, 0.15) is 40.4 Å². The first-order chi connectivity index (χ1) is 12.8. The van der Waals surface area contributed by atoms with Crippen LogP contribution in [0.15, 0.2) is 73.1 Å². The molecular formula is C22H21N3O. The number of benzene rings is 1. The quantitative estimate of drug-likeness (QED) is 0.669. The zero-order chi connectivity index (χ0) is 17.8. The normalized spacial score (nSPS) is 17.1. The fraction of sp³-hybridized carbons (Fsp3) is 0.227. The number of ketones is 1. The van der Waals surface area contributed by atoms with Crippen LogP contribution in [0.25, 0.3) is 0 Å². The van der Waals surface area contributed by atoms with Gasteiger partial charge < -0.3 is 4.90 Å². The van der Waals surface area contributed by atoms with Gasteiger partial charge in [-0.05, 0) is 42.7 Å². The van der Waals surface area contributed by atoms with E-state index in [9.17, 15) is 4.79 Å². The summed E-state index contributed by atoms with van der Waals surface area (Å²) in [4.78, 5) is 23.6. The molecule has 1 atom stereocenters. The number of rotatable bonds is 4. The topological polar surface area (TPSA) is 46.1 Å². The molecule has 1 saturated heterocycles. The molecule has 1 fully saturated rings. The van der Waals surface area contributed by atoms with Gasteiger partial charge in [0.15, 0.2) is 0 Å². The molecule has 3 heterocycles. The van der Waals surface area contributed by atoms with Gasteiger partial charge in [0.1, 0.15) is 11.5 Å². The Morgan fingerprint density at radius 2 is 1.88 bits per heavy atom. The Bertz CT molecular complexity index is 880. The lowest BCUT2D eigenvalue weighted by atomic mass is 9.91. The number of piperidine rings is 1. The zero-order valence-corrected chi connectivity index (χ0v) is 14.6. The van der Waals surface area contributed by atoms with E-state index in [-0.39, 0.29) is 5.78 Å². The van der Waals surface area contributed by atoms with Gasteiger partial charge in [0.2, 0.25) is 5.78 Å². The van der Waals surface area contributed by atoms with Crippen molar-refractivity contribution in [1.29, 1.82) is 0 Å². The highest BCUT2D eigenvalue weighted by molar-refractivity contribution is 6.07. The maximum Gasteiger partial charge on any atom is 0.212 e. The summed E-state index contributed by atoms with van der Waals surface area (Å²) in [7, 11) is 0. The number of pyridine rings is 2. The van der Waals surface area contributed by atoms with E-state index in [4.69, 9.17) is 0 Å². The second-order valence-electron chi connectivity index (χ2n) is 6.65. The zero-order valence-electron chi connectivity index (χ0n) is 14.6. The number of hydrogen-bond donors (Lipinski definition) is 0. The fourth-order valence-corrected chi connectivity index (χ4v) is 3.55. The molecule has 4 heteroatoms. The molecule has 0 N–H and O–H groups in total. The Kier molecular flexibility index (Phi) is 4.73. The molecule has 130 valence electrons. The van der Waals surface area contributed by atoms with E-state index in [1.54, 1.807) is 30.6 Å². The van der Waals surface area contributed by atoms with Gasteiger partial charge in [-0.3, -0.25) is 9.78 Å². The lowest BCUT2D eigenvalue weighted by molar-refractivity contribution is 0.103. The lowest BCUT2D eigenvalue weighted by Crippen LogP contribution is -2.35. The Balaban J connectivity index is 1.55. The summed E-state index contributed by atoms with van der Waals surface area (Å²) in [5, 5.41) is 0. The molecular weight excluding hydrogens is 322 g/mol. The molecule has 0 saturated carbocycles. The predicted molar refractivity (Wildman–Crippen MR) is 103 cm³/mol. The third-order valence-corrected chi connectivity index (χ3v) is 4.91. The molecule has 1 aliphatic rings. The Morgan fingerprint density at radius 1 is 1.00 bits per heavy atom. The van der Waals surface area contributed by atoms with Crippen molar-refractivity contribution in [3.8, 4) is 0 Å². The SMILES string of the molecule is O=C(c1cccnc1)c1cccc(N2CCCC(c3ccccc3)C2)n1. The van der Waals surface area contributed by atoms with Crippen LogP contribution in [0.4, 0.5) is 5.82 Å². The molecule has 0 spiro atoms. The van der Waals surface area contributed by atoms with Crippen molar-refractivity contribution in [2.24, 2.45) is 0 Å². The van der Waals surface area contributed by atoms with Gasteiger partial charge in [0.25, 0.3) is 0 Å².